The fourth-order valence-electron chi connectivity index (χ4n) is 2.58. The van der Waals surface area contributed by atoms with Crippen molar-refractivity contribution in [2.24, 2.45) is 5.73 Å². The zero-order valence-electron chi connectivity index (χ0n) is 12.4. The SMILES string of the molecule is Cc1cc(C(N)c2ccccc2C(C)(C)C)c(C)o1. The summed E-state index contributed by atoms with van der Waals surface area (Å²) in [5.41, 5.74) is 10.1. The molecule has 2 aromatic rings. The third kappa shape index (κ3) is 2.74. The second kappa shape index (κ2) is 4.86. The van der Waals surface area contributed by atoms with Gasteiger partial charge in [-0.05, 0) is 36.5 Å². The normalized spacial score (nSPS) is 13.6. The van der Waals surface area contributed by atoms with Crippen molar-refractivity contribution in [1.82, 2.24) is 0 Å². The quantitative estimate of drug-likeness (QED) is 0.874. The van der Waals surface area contributed by atoms with Crippen LogP contribution in [-0.4, -0.2) is 0 Å². The predicted molar refractivity (Wildman–Crippen MR) is 79.4 cm³/mol. The van der Waals surface area contributed by atoms with Crippen LogP contribution < -0.4 is 5.73 Å². The lowest BCUT2D eigenvalue weighted by Crippen LogP contribution is -2.20. The highest BCUT2D eigenvalue weighted by Gasteiger charge is 2.23. The number of hydrogen-bond donors (Lipinski definition) is 1. The molecule has 0 spiro atoms. The van der Waals surface area contributed by atoms with E-state index in [-0.39, 0.29) is 11.5 Å². The topological polar surface area (TPSA) is 39.2 Å². The molecule has 102 valence electrons. The maximum Gasteiger partial charge on any atom is 0.106 e. The molecule has 0 aliphatic heterocycles. The number of hydrogen-bond acceptors (Lipinski definition) is 2. The minimum atomic E-state index is -0.132. The summed E-state index contributed by atoms with van der Waals surface area (Å²) >= 11 is 0. The molecule has 0 aliphatic rings. The molecule has 1 unspecified atom stereocenters. The average Bonchev–Trinajstić information content (AvgIpc) is 2.66. The first kappa shape index (κ1) is 13.9. The van der Waals surface area contributed by atoms with Crippen molar-refractivity contribution in [3.63, 3.8) is 0 Å². The highest BCUT2D eigenvalue weighted by atomic mass is 16.3. The molecule has 19 heavy (non-hydrogen) atoms. The van der Waals surface area contributed by atoms with Gasteiger partial charge in [0.1, 0.15) is 11.5 Å². The highest BCUT2D eigenvalue weighted by Crippen LogP contribution is 2.33. The molecular formula is C17H23NO. The van der Waals surface area contributed by atoms with Crippen molar-refractivity contribution in [3.8, 4) is 0 Å². The van der Waals surface area contributed by atoms with Crippen molar-refractivity contribution in [2.45, 2.75) is 46.1 Å². The van der Waals surface area contributed by atoms with Crippen LogP contribution in [0, 0.1) is 13.8 Å². The number of nitrogens with two attached hydrogens (primary N) is 1. The summed E-state index contributed by atoms with van der Waals surface area (Å²) in [6, 6.07) is 10.3. The van der Waals surface area contributed by atoms with Crippen molar-refractivity contribution in [1.29, 1.82) is 0 Å². The van der Waals surface area contributed by atoms with E-state index < -0.39 is 0 Å². The number of furan rings is 1. The van der Waals surface area contributed by atoms with Gasteiger partial charge in [0.05, 0.1) is 6.04 Å². The van der Waals surface area contributed by atoms with E-state index >= 15 is 0 Å². The molecule has 1 atom stereocenters. The second-order valence-electron chi connectivity index (χ2n) is 6.18. The largest absolute Gasteiger partial charge is 0.466 e. The van der Waals surface area contributed by atoms with E-state index in [1.165, 1.54) is 11.1 Å². The summed E-state index contributed by atoms with van der Waals surface area (Å²) in [6.07, 6.45) is 0. The summed E-state index contributed by atoms with van der Waals surface area (Å²) < 4.78 is 5.60. The Kier molecular flexibility index (Phi) is 3.55. The lowest BCUT2D eigenvalue weighted by molar-refractivity contribution is 0.499. The third-order valence-corrected chi connectivity index (χ3v) is 3.52. The van der Waals surface area contributed by atoms with E-state index in [1.54, 1.807) is 0 Å². The molecule has 0 radical (unpaired) electrons. The molecule has 1 aromatic carbocycles. The molecule has 0 aliphatic carbocycles. The summed E-state index contributed by atoms with van der Waals surface area (Å²) in [5.74, 6) is 1.82. The van der Waals surface area contributed by atoms with Gasteiger partial charge < -0.3 is 10.2 Å². The van der Waals surface area contributed by atoms with Gasteiger partial charge in [-0.1, -0.05) is 45.0 Å². The Morgan fingerprint density at radius 3 is 2.21 bits per heavy atom. The molecule has 1 heterocycles. The third-order valence-electron chi connectivity index (χ3n) is 3.52. The summed E-state index contributed by atoms with van der Waals surface area (Å²) in [6.45, 7) is 10.6. The van der Waals surface area contributed by atoms with Crippen LogP contribution in [0.2, 0.25) is 0 Å². The van der Waals surface area contributed by atoms with Crippen molar-refractivity contribution in [3.05, 3.63) is 58.5 Å². The Morgan fingerprint density at radius 1 is 1.05 bits per heavy atom. The van der Waals surface area contributed by atoms with E-state index in [1.807, 2.05) is 26.0 Å². The van der Waals surface area contributed by atoms with Crippen LogP contribution in [0.4, 0.5) is 0 Å². The zero-order chi connectivity index (χ0) is 14.2. The number of benzene rings is 1. The minimum absolute atomic E-state index is 0.0842. The monoisotopic (exact) mass is 257 g/mol. The van der Waals surface area contributed by atoms with Gasteiger partial charge in [-0.2, -0.15) is 0 Å². The molecule has 1 aromatic heterocycles. The number of aryl methyl sites for hydroxylation is 2. The Morgan fingerprint density at radius 2 is 1.68 bits per heavy atom. The van der Waals surface area contributed by atoms with Gasteiger partial charge >= 0.3 is 0 Å². The lowest BCUT2D eigenvalue weighted by atomic mass is 9.81. The Labute approximate surface area is 115 Å². The van der Waals surface area contributed by atoms with Crippen molar-refractivity contribution in [2.75, 3.05) is 0 Å². The lowest BCUT2D eigenvalue weighted by Gasteiger charge is -2.25. The van der Waals surface area contributed by atoms with E-state index in [4.69, 9.17) is 10.2 Å². The van der Waals surface area contributed by atoms with Gasteiger partial charge in [0.25, 0.3) is 0 Å². The Hall–Kier alpha value is -1.54. The van der Waals surface area contributed by atoms with Crippen LogP contribution in [0.3, 0.4) is 0 Å². The van der Waals surface area contributed by atoms with E-state index in [0.29, 0.717) is 0 Å². The fourth-order valence-corrected chi connectivity index (χ4v) is 2.58. The van der Waals surface area contributed by atoms with Gasteiger partial charge in [0.2, 0.25) is 0 Å². The Balaban J connectivity index is 2.50. The molecule has 2 N–H and O–H groups in total. The predicted octanol–water partition coefficient (Wildman–Crippen LogP) is 4.24. The van der Waals surface area contributed by atoms with Gasteiger partial charge in [0, 0.05) is 5.56 Å². The summed E-state index contributed by atoms with van der Waals surface area (Å²) in [5, 5.41) is 0. The molecule has 2 heteroatoms. The fraction of sp³-hybridized carbons (Fsp3) is 0.412. The molecule has 0 saturated carbocycles. The van der Waals surface area contributed by atoms with Crippen molar-refractivity contribution < 1.29 is 4.42 Å². The van der Waals surface area contributed by atoms with Crippen LogP contribution >= 0.6 is 0 Å². The average molecular weight is 257 g/mol. The van der Waals surface area contributed by atoms with E-state index in [9.17, 15) is 0 Å². The molecule has 0 saturated heterocycles. The minimum Gasteiger partial charge on any atom is -0.466 e. The number of rotatable bonds is 2. The first-order valence-corrected chi connectivity index (χ1v) is 6.72. The zero-order valence-corrected chi connectivity index (χ0v) is 12.4. The van der Waals surface area contributed by atoms with Crippen molar-refractivity contribution >= 4 is 0 Å². The maximum absolute atomic E-state index is 6.47. The van der Waals surface area contributed by atoms with Crippen LogP contribution in [-0.2, 0) is 5.41 Å². The smallest absolute Gasteiger partial charge is 0.106 e. The van der Waals surface area contributed by atoms with Crippen LogP contribution in [0.1, 0.15) is 55.0 Å². The first-order chi connectivity index (χ1) is 8.80. The van der Waals surface area contributed by atoms with Crippen LogP contribution in [0.5, 0.6) is 0 Å². The van der Waals surface area contributed by atoms with Gasteiger partial charge in [-0.15, -0.1) is 0 Å². The van der Waals surface area contributed by atoms with Gasteiger partial charge in [-0.25, -0.2) is 0 Å². The molecule has 2 nitrogen and oxygen atoms in total. The molecule has 0 amide bonds. The van der Waals surface area contributed by atoms with Crippen LogP contribution in [0.15, 0.2) is 34.7 Å². The molecule has 0 fully saturated rings. The maximum atomic E-state index is 6.47. The first-order valence-electron chi connectivity index (χ1n) is 6.72. The Bertz CT molecular complexity index is 575. The standard InChI is InChI=1S/C17H23NO/c1-11-10-14(12(2)19-11)16(18)13-8-6-7-9-15(13)17(3,4)5/h6-10,16H,18H2,1-5H3. The summed E-state index contributed by atoms with van der Waals surface area (Å²) in [7, 11) is 0. The van der Waals surface area contributed by atoms with E-state index in [0.717, 1.165) is 17.1 Å². The molecular weight excluding hydrogens is 234 g/mol. The van der Waals surface area contributed by atoms with E-state index in [2.05, 4.69) is 39.0 Å². The molecule has 0 bridgehead atoms. The molecule has 2 rings (SSSR count). The summed E-state index contributed by atoms with van der Waals surface area (Å²) in [4.78, 5) is 0. The van der Waals surface area contributed by atoms with Crippen LogP contribution in [0.25, 0.3) is 0 Å². The highest BCUT2D eigenvalue weighted by molar-refractivity contribution is 5.41. The van der Waals surface area contributed by atoms with Gasteiger partial charge in [-0.3, -0.25) is 0 Å². The van der Waals surface area contributed by atoms with Gasteiger partial charge in [0.15, 0.2) is 0 Å². The second-order valence-corrected chi connectivity index (χ2v) is 6.18.